The van der Waals surface area contributed by atoms with Crippen molar-refractivity contribution in [2.24, 2.45) is 0 Å². The molecular weight excluding hydrogens is 264 g/mol. The van der Waals surface area contributed by atoms with Crippen molar-refractivity contribution < 1.29 is 14.6 Å². The van der Waals surface area contributed by atoms with Gasteiger partial charge in [-0.2, -0.15) is 0 Å². The second-order valence-electron chi connectivity index (χ2n) is 5.66. The van der Waals surface area contributed by atoms with Crippen LogP contribution in [0.1, 0.15) is 44.6 Å². The Morgan fingerprint density at radius 1 is 1.33 bits per heavy atom. The van der Waals surface area contributed by atoms with Crippen molar-refractivity contribution in [3.05, 3.63) is 35.9 Å². The molecule has 1 aromatic carbocycles. The first-order valence-corrected chi connectivity index (χ1v) is 7.69. The molecule has 1 aliphatic rings. The molecule has 0 aliphatic carbocycles. The SMILES string of the molecule is CC(O)(C#Cc1ccccc1)CCCOC1CCCCO1. The normalized spacial score (nSPS) is 21.1. The number of aliphatic hydroxyl groups is 1. The van der Waals surface area contributed by atoms with Gasteiger partial charge in [-0.3, -0.25) is 0 Å². The van der Waals surface area contributed by atoms with E-state index in [-0.39, 0.29) is 6.29 Å². The van der Waals surface area contributed by atoms with E-state index < -0.39 is 5.60 Å². The average Bonchev–Trinajstić information content (AvgIpc) is 2.52. The highest BCUT2D eigenvalue weighted by Gasteiger charge is 2.18. The average molecular weight is 288 g/mol. The van der Waals surface area contributed by atoms with E-state index in [1.807, 2.05) is 30.3 Å². The molecule has 0 bridgehead atoms. The predicted molar refractivity (Wildman–Crippen MR) is 82.7 cm³/mol. The lowest BCUT2D eigenvalue weighted by atomic mass is 10.0. The van der Waals surface area contributed by atoms with Crippen LogP contribution in [0.15, 0.2) is 30.3 Å². The van der Waals surface area contributed by atoms with Gasteiger partial charge in [-0.1, -0.05) is 30.0 Å². The van der Waals surface area contributed by atoms with Gasteiger partial charge < -0.3 is 14.6 Å². The lowest BCUT2D eigenvalue weighted by molar-refractivity contribution is -0.163. The molecule has 1 aliphatic heterocycles. The number of ether oxygens (including phenoxy) is 2. The number of hydrogen-bond acceptors (Lipinski definition) is 3. The highest BCUT2D eigenvalue weighted by Crippen LogP contribution is 2.16. The third kappa shape index (κ3) is 6.31. The van der Waals surface area contributed by atoms with Gasteiger partial charge in [-0.05, 0) is 51.2 Å². The number of benzene rings is 1. The first-order chi connectivity index (χ1) is 10.2. The fourth-order valence-electron chi connectivity index (χ4n) is 2.26. The highest BCUT2D eigenvalue weighted by atomic mass is 16.7. The summed E-state index contributed by atoms with van der Waals surface area (Å²) in [5, 5.41) is 10.3. The Balaban J connectivity index is 1.70. The van der Waals surface area contributed by atoms with E-state index >= 15 is 0 Å². The van der Waals surface area contributed by atoms with Crippen molar-refractivity contribution in [2.45, 2.75) is 50.9 Å². The van der Waals surface area contributed by atoms with Crippen LogP contribution in [0.4, 0.5) is 0 Å². The van der Waals surface area contributed by atoms with Crippen molar-refractivity contribution >= 4 is 0 Å². The maximum atomic E-state index is 10.3. The molecule has 0 saturated carbocycles. The maximum Gasteiger partial charge on any atom is 0.157 e. The van der Waals surface area contributed by atoms with Crippen LogP contribution in [0.2, 0.25) is 0 Å². The highest BCUT2D eigenvalue weighted by molar-refractivity contribution is 5.35. The maximum absolute atomic E-state index is 10.3. The molecule has 2 rings (SSSR count). The van der Waals surface area contributed by atoms with Crippen LogP contribution in [-0.4, -0.2) is 30.2 Å². The Bertz CT molecular complexity index is 464. The molecule has 2 atom stereocenters. The lowest BCUT2D eigenvalue weighted by Crippen LogP contribution is -2.25. The van der Waals surface area contributed by atoms with Crippen LogP contribution < -0.4 is 0 Å². The molecule has 1 aromatic rings. The lowest BCUT2D eigenvalue weighted by Gasteiger charge is -2.23. The van der Waals surface area contributed by atoms with E-state index in [1.165, 1.54) is 6.42 Å². The van der Waals surface area contributed by atoms with Gasteiger partial charge >= 0.3 is 0 Å². The minimum Gasteiger partial charge on any atom is -0.378 e. The van der Waals surface area contributed by atoms with E-state index in [4.69, 9.17) is 9.47 Å². The second-order valence-corrected chi connectivity index (χ2v) is 5.66. The summed E-state index contributed by atoms with van der Waals surface area (Å²) in [6.45, 7) is 3.15. The van der Waals surface area contributed by atoms with Crippen LogP contribution >= 0.6 is 0 Å². The molecule has 1 heterocycles. The molecule has 0 aromatic heterocycles. The molecule has 0 spiro atoms. The number of hydrogen-bond donors (Lipinski definition) is 1. The van der Waals surface area contributed by atoms with Crippen LogP contribution in [0.3, 0.4) is 0 Å². The smallest absolute Gasteiger partial charge is 0.157 e. The topological polar surface area (TPSA) is 38.7 Å². The molecule has 3 heteroatoms. The van der Waals surface area contributed by atoms with Crippen LogP contribution in [0.5, 0.6) is 0 Å². The minimum absolute atomic E-state index is 0.0564. The summed E-state index contributed by atoms with van der Waals surface area (Å²) in [5.74, 6) is 5.94. The van der Waals surface area contributed by atoms with E-state index in [0.717, 1.165) is 31.4 Å². The molecule has 1 fully saturated rings. The zero-order valence-corrected chi connectivity index (χ0v) is 12.7. The van der Waals surface area contributed by atoms with Crippen molar-refractivity contribution in [1.82, 2.24) is 0 Å². The molecular formula is C18H24O3. The Morgan fingerprint density at radius 2 is 2.14 bits per heavy atom. The van der Waals surface area contributed by atoms with Gasteiger partial charge in [0.15, 0.2) is 6.29 Å². The predicted octanol–water partition coefficient (Wildman–Crippen LogP) is 3.11. The Morgan fingerprint density at radius 3 is 2.86 bits per heavy atom. The summed E-state index contributed by atoms with van der Waals surface area (Å²) in [6.07, 6.45) is 4.59. The van der Waals surface area contributed by atoms with E-state index in [0.29, 0.717) is 13.0 Å². The zero-order chi connectivity index (χ0) is 15.0. The van der Waals surface area contributed by atoms with Gasteiger partial charge in [0.1, 0.15) is 5.60 Å². The third-order valence-electron chi connectivity index (χ3n) is 3.50. The van der Waals surface area contributed by atoms with E-state index in [9.17, 15) is 5.11 Å². The van der Waals surface area contributed by atoms with Gasteiger partial charge in [-0.25, -0.2) is 0 Å². The fourth-order valence-corrected chi connectivity index (χ4v) is 2.26. The fraction of sp³-hybridized carbons (Fsp3) is 0.556. The summed E-state index contributed by atoms with van der Waals surface area (Å²) >= 11 is 0. The summed E-state index contributed by atoms with van der Waals surface area (Å²) in [6, 6.07) is 9.71. The van der Waals surface area contributed by atoms with Gasteiger partial charge in [0.05, 0.1) is 0 Å². The first-order valence-electron chi connectivity index (χ1n) is 7.69. The van der Waals surface area contributed by atoms with Crippen LogP contribution in [0, 0.1) is 11.8 Å². The molecule has 2 unspecified atom stereocenters. The van der Waals surface area contributed by atoms with Gasteiger partial charge in [0.25, 0.3) is 0 Å². The zero-order valence-electron chi connectivity index (χ0n) is 12.7. The van der Waals surface area contributed by atoms with E-state index in [1.54, 1.807) is 6.92 Å². The molecule has 21 heavy (non-hydrogen) atoms. The Kier molecular flexibility index (Phi) is 6.25. The molecule has 1 N–H and O–H groups in total. The standard InChI is InChI=1S/C18H24O3/c1-18(19,13-11-16-8-3-2-4-9-16)12-7-15-21-17-10-5-6-14-20-17/h2-4,8-9,17,19H,5-7,10,12,14-15H2,1H3. The van der Waals surface area contributed by atoms with Crippen molar-refractivity contribution in [3.8, 4) is 11.8 Å². The van der Waals surface area contributed by atoms with Crippen molar-refractivity contribution in [3.63, 3.8) is 0 Å². The molecule has 1 saturated heterocycles. The molecule has 114 valence electrons. The third-order valence-corrected chi connectivity index (χ3v) is 3.50. The Hall–Kier alpha value is -1.34. The molecule has 0 radical (unpaired) electrons. The van der Waals surface area contributed by atoms with Crippen LogP contribution in [-0.2, 0) is 9.47 Å². The molecule has 0 amide bonds. The van der Waals surface area contributed by atoms with Gasteiger partial charge in [0.2, 0.25) is 0 Å². The quantitative estimate of drug-likeness (QED) is 0.668. The monoisotopic (exact) mass is 288 g/mol. The largest absolute Gasteiger partial charge is 0.378 e. The summed E-state index contributed by atoms with van der Waals surface area (Å²) < 4.78 is 11.2. The van der Waals surface area contributed by atoms with Crippen molar-refractivity contribution in [1.29, 1.82) is 0 Å². The van der Waals surface area contributed by atoms with E-state index in [2.05, 4.69) is 11.8 Å². The number of rotatable bonds is 5. The Labute approximate surface area is 127 Å². The van der Waals surface area contributed by atoms with Crippen LogP contribution in [0.25, 0.3) is 0 Å². The summed E-state index contributed by atoms with van der Waals surface area (Å²) in [5.41, 5.74) is -0.0586. The second kappa shape index (κ2) is 8.19. The van der Waals surface area contributed by atoms with Gasteiger partial charge in [0, 0.05) is 18.8 Å². The van der Waals surface area contributed by atoms with Crippen molar-refractivity contribution in [2.75, 3.05) is 13.2 Å². The first kappa shape index (κ1) is 16.0. The summed E-state index contributed by atoms with van der Waals surface area (Å²) in [4.78, 5) is 0. The van der Waals surface area contributed by atoms with Gasteiger partial charge in [-0.15, -0.1) is 0 Å². The molecule has 3 nitrogen and oxygen atoms in total. The summed E-state index contributed by atoms with van der Waals surface area (Å²) in [7, 11) is 0. The minimum atomic E-state index is -0.980.